The highest BCUT2D eigenvalue weighted by atomic mass is 79.9. The number of nitrogens with zero attached hydrogens (tertiary/aromatic N) is 4. The highest BCUT2D eigenvalue weighted by Gasteiger charge is 2.47. The van der Waals surface area contributed by atoms with Crippen molar-refractivity contribution in [3.8, 4) is 0 Å². The fourth-order valence-electron chi connectivity index (χ4n) is 7.23. The fourth-order valence-corrected chi connectivity index (χ4v) is 7.59. The summed E-state index contributed by atoms with van der Waals surface area (Å²) < 4.78 is 5.19. The number of aryl methyl sites for hydroxylation is 1. The van der Waals surface area contributed by atoms with Gasteiger partial charge in [0, 0.05) is 51.9 Å². The number of rotatable bonds is 10. The minimum Gasteiger partial charge on any atom is -0.506 e. The predicted molar refractivity (Wildman–Crippen MR) is 194 cm³/mol. The molecule has 2 aromatic rings. The van der Waals surface area contributed by atoms with Crippen LogP contribution in [0.25, 0.3) is 0 Å². The molecule has 0 aromatic heterocycles. The summed E-state index contributed by atoms with van der Waals surface area (Å²) in [5.41, 5.74) is 8.38. The van der Waals surface area contributed by atoms with Crippen molar-refractivity contribution in [1.29, 1.82) is 0 Å². The van der Waals surface area contributed by atoms with Crippen LogP contribution in [-0.2, 0) is 15.6 Å². The Morgan fingerprint density at radius 2 is 1.52 bits per heavy atom. The van der Waals surface area contributed by atoms with Gasteiger partial charge in [0.2, 0.25) is 11.5 Å². The number of hydrogen-bond acceptors (Lipinski definition) is 3. The summed E-state index contributed by atoms with van der Waals surface area (Å²) in [5.74, 6) is 0.00415. The molecule has 0 spiro atoms. The van der Waals surface area contributed by atoms with Crippen LogP contribution in [-0.4, -0.2) is 98.6 Å². The van der Waals surface area contributed by atoms with Gasteiger partial charge in [-0.3, -0.25) is 4.79 Å². The summed E-state index contributed by atoms with van der Waals surface area (Å²) in [7, 11) is 13.3. The van der Waals surface area contributed by atoms with Gasteiger partial charge in [-0.25, -0.2) is 0 Å². The zero-order valence-electron chi connectivity index (χ0n) is 29.9. The molecule has 0 radical (unpaired) electrons. The van der Waals surface area contributed by atoms with E-state index in [0.717, 1.165) is 63.9 Å². The van der Waals surface area contributed by atoms with E-state index in [1.54, 1.807) is 0 Å². The molecule has 2 aromatic carbocycles. The quantitative estimate of drug-likeness (QED) is 0.161. The van der Waals surface area contributed by atoms with Crippen LogP contribution in [0.3, 0.4) is 0 Å². The number of quaternary nitrogens is 2. The average Bonchev–Trinajstić information content (AvgIpc) is 3.26. The Morgan fingerprint density at radius 1 is 0.870 bits per heavy atom. The first-order chi connectivity index (χ1) is 21.2. The zero-order chi connectivity index (χ0) is 34.0. The van der Waals surface area contributed by atoms with Gasteiger partial charge in [0.1, 0.15) is 5.76 Å². The van der Waals surface area contributed by atoms with Gasteiger partial charge in [0.15, 0.2) is 12.3 Å². The SMILES string of the molecule is Cc1ccc2c(c1)C(C)(C)/C(=C/C1=C(O)C(=C/C3=[N+](CCC[N+](C)(C)C)c4ccc(Br)cc4C3(C)C)/C1=O)N2CCC[N+](C)(C)C. The molecule has 3 aliphatic rings. The molecule has 2 heterocycles. The van der Waals surface area contributed by atoms with Gasteiger partial charge in [-0.1, -0.05) is 47.5 Å². The average molecular weight is 691 g/mol. The van der Waals surface area contributed by atoms with Crippen LogP contribution < -0.4 is 4.90 Å². The molecule has 0 amide bonds. The number of benzene rings is 2. The Bertz CT molecular complexity index is 1710. The molecule has 7 heteroatoms. The molecule has 2 aliphatic heterocycles. The Kier molecular flexibility index (Phi) is 8.89. The Morgan fingerprint density at radius 3 is 2.15 bits per heavy atom. The molecule has 0 fully saturated rings. The van der Waals surface area contributed by atoms with Gasteiger partial charge in [-0.15, -0.1) is 0 Å². The third kappa shape index (κ3) is 6.43. The standard InChI is InChI=1S/C39H53BrN4O2/c1-26-14-16-32-30(22-26)38(2,3)34(41(32)18-12-20-43(6,7)8)24-28-36(45)29(37(28)46)25-35-39(4,5)31-23-27(40)15-17-33(31)42(35)19-13-21-44(9,10)11/h14-17,22-25H,12-13,18-21H2,1-11H3/q+2/p+1. The number of allylic oxidation sites excluding steroid dienone is 5. The molecule has 246 valence electrons. The minimum absolute atomic E-state index is 0.0917. The van der Waals surface area contributed by atoms with Gasteiger partial charge < -0.3 is 19.0 Å². The van der Waals surface area contributed by atoms with Crippen molar-refractivity contribution in [3.05, 3.63) is 92.3 Å². The Labute approximate surface area is 285 Å². The molecule has 1 N–H and O–H groups in total. The first-order valence-electron chi connectivity index (χ1n) is 16.6. The molecule has 0 bridgehead atoms. The van der Waals surface area contributed by atoms with Crippen LogP contribution >= 0.6 is 15.9 Å². The highest BCUT2D eigenvalue weighted by molar-refractivity contribution is 9.10. The van der Waals surface area contributed by atoms with E-state index in [2.05, 4.69) is 139 Å². The molecule has 0 unspecified atom stereocenters. The summed E-state index contributed by atoms with van der Waals surface area (Å²) in [6.45, 7) is 14.8. The van der Waals surface area contributed by atoms with Crippen LogP contribution in [0.4, 0.5) is 11.4 Å². The molecular formula is C39H54BrN4O2+3. The van der Waals surface area contributed by atoms with Crippen LogP contribution in [0, 0.1) is 6.92 Å². The second-order valence-electron chi connectivity index (χ2n) is 16.5. The number of aliphatic hydroxyl groups excluding tert-OH is 1. The normalized spacial score (nSPS) is 20.6. The summed E-state index contributed by atoms with van der Waals surface area (Å²) in [5, 5.41) is 11.5. The number of Topliss-reactive ketones (excluding diaryl/α,β-unsaturated/α-hetero) is 1. The number of hydrogen-bond donors (Lipinski definition) is 1. The number of halogens is 1. The maximum atomic E-state index is 13.9. The second kappa shape index (κ2) is 11.9. The highest BCUT2D eigenvalue weighted by Crippen LogP contribution is 2.49. The lowest BCUT2D eigenvalue weighted by Crippen LogP contribution is -2.37. The van der Waals surface area contributed by atoms with Crippen molar-refractivity contribution in [3.63, 3.8) is 0 Å². The van der Waals surface area contributed by atoms with E-state index in [1.807, 2.05) is 12.2 Å². The van der Waals surface area contributed by atoms with E-state index >= 15 is 0 Å². The predicted octanol–water partition coefficient (Wildman–Crippen LogP) is 7.33. The molecule has 0 saturated carbocycles. The van der Waals surface area contributed by atoms with Crippen LogP contribution in [0.5, 0.6) is 0 Å². The third-order valence-electron chi connectivity index (χ3n) is 9.88. The van der Waals surface area contributed by atoms with E-state index in [9.17, 15) is 9.90 Å². The first kappa shape index (κ1) is 34.3. The van der Waals surface area contributed by atoms with Gasteiger partial charge in [0.05, 0.1) is 78.4 Å². The van der Waals surface area contributed by atoms with Crippen LogP contribution in [0.1, 0.15) is 57.2 Å². The minimum atomic E-state index is -0.327. The van der Waals surface area contributed by atoms with Crippen molar-refractivity contribution < 1.29 is 23.4 Å². The summed E-state index contributed by atoms with van der Waals surface area (Å²) in [4.78, 5) is 16.3. The van der Waals surface area contributed by atoms with E-state index in [4.69, 9.17) is 0 Å². The number of anilines is 1. The number of fused-ring (bicyclic) bond motifs is 2. The smallest absolute Gasteiger partial charge is 0.209 e. The van der Waals surface area contributed by atoms with E-state index in [1.165, 1.54) is 28.1 Å². The zero-order valence-corrected chi connectivity index (χ0v) is 31.5. The molecule has 46 heavy (non-hydrogen) atoms. The maximum Gasteiger partial charge on any atom is 0.209 e. The van der Waals surface area contributed by atoms with E-state index in [-0.39, 0.29) is 22.4 Å². The van der Waals surface area contributed by atoms with Gasteiger partial charge in [-0.2, -0.15) is 4.58 Å². The molecule has 0 saturated heterocycles. The lowest BCUT2D eigenvalue weighted by molar-refractivity contribution is -0.871. The van der Waals surface area contributed by atoms with Crippen molar-refractivity contribution in [2.45, 2.75) is 58.3 Å². The van der Waals surface area contributed by atoms with Gasteiger partial charge in [-0.05, 0) is 50.6 Å². The first-order valence-corrected chi connectivity index (χ1v) is 17.4. The molecule has 6 nitrogen and oxygen atoms in total. The molecular weight excluding hydrogens is 636 g/mol. The third-order valence-corrected chi connectivity index (χ3v) is 10.4. The van der Waals surface area contributed by atoms with Crippen LogP contribution in [0.2, 0.25) is 0 Å². The molecule has 0 atom stereocenters. The lowest BCUT2D eigenvalue weighted by atomic mass is 9.77. The lowest BCUT2D eigenvalue weighted by Gasteiger charge is -2.30. The van der Waals surface area contributed by atoms with Crippen molar-refractivity contribution in [2.75, 3.05) is 73.4 Å². The van der Waals surface area contributed by atoms with Crippen LogP contribution in [0.15, 0.2) is 75.6 Å². The van der Waals surface area contributed by atoms with Crippen molar-refractivity contribution >= 4 is 38.8 Å². The Hall–Kier alpha value is -3.00. The molecule has 1 aliphatic carbocycles. The fraction of sp³-hybridized carbons (Fsp3) is 0.487. The largest absolute Gasteiger partial charge is 0.506 e. The Balaban J connectivity index is 1.55. The van der Waals surface area contributed by atoms with Crippen molar-refractivity contribution in [1.82, 2.24) is 0 Å². The monoisotopic (exact) mass is 689 g/mol. The number of carbonyl (C=O) groups excluding carboxylic acids is 1. The van der Waals surface area contributed by atoms with E-state index < -0.39 is 0 Å². The van der Waals surface area contributed by atoms with E-state index in [0.29, 0.717) is 11.1 Å². The second-order valence-corrected chi connectivity index (χ2v) is 17.5. The summed E-state index contributed by atoms with van der Waals surface area (Å²) >= 11 is 3.67. The van der Waals surface area contributed by atoms with Gasteiger partial charge >= 0.3 is 0 Å². The topological polar surface area (TPSA) is 43.6 Å². The van der Waals surface area contributed by atoms with Crippen molar-refractivity contribution in [2.24, 2.45) is 0 Å². The summed E-state index contributed by atoms with van der Waals surface area (Å²) in [6.07, 6.45) is 5.94. The summed E-state index contributed by atoms with van der Waals surface area (Å²) in [6, 6.07) is 13.1. The number of carbonyl (C=O) groups is 1. The number of aliphatic hydroxyl groups is 1. The van der Waals surface area contributed by atoms with Gasteiger partial charge in [0.25, 0.3) is 0 Å². The molecule has 5 rings (SSSR count). The number of ketones is 1. The maximum absolute atomic E-state index is 13.9.